The number of unbranched alkanes of at least 4 members (excludes halogenated alkanes) is 4. The minimum atomic E-state index is -0.491. The monoisotopic (exact) mass is 542 g/mol. The highest BCUT2D eigenvalue weighted by atomic mass is 16.2. The molecule has 10 heteroatoms. The van der Waals surface area contributed by atoms with E-state index in [1.165, 1.54) is 0 Å². The van der Waals surface area contributed by atoms with Crippen LogP contribution in [0.4, 0.5) is 0 Å². The topological polar surface area (TPSA) is 151 Å². The van der Waals surface area contributed by atoms with Crippen molar-refractivity contribution in [3.8, 4) is 0 Å². The van der Waals surface area contributed by atoms with Crippen molar-refractivity contribution in [2.45, 2.75) is 71.9 Å². The Morgan fingerprint density at radius 1 is 0.692 bits per heavy atom. The van der Waals surface area contributed by atoms with E-state index in [1.54, 1.807) is 46.5 Å². The Balaban J connectivity index is 1.64. The van der Waals surface area contributed by atoms with Gasteiger partial charge in [0.1, 0.15) is 0 Å². The Hall–Kier alpha value is -3.24. The molecule has 4 amide bonds. The third-order valence-corrected chi connectivity index (χ3v) is 6.97. The smallest absolute Gasteiger partial charge is 0.248 e. The van der Waals surface area contributed by atoms with Gasteiger partial charge in [0.05, 0.1) is 12.1 Å². The van der Waals surface area contributed by atoms with Gasteiger partial charge in [0.2, 0.25) is 23.6 Å². The third kappa shape index (κ3) is 10.1. The summed E-state index contributed by atoms with van der Waals surface area (Å²) in [6.45, 7) is 10.3. The second-order valence-corrected chi connectivity index (χ2v) is 10.8. The number of nitrogens with two attached hydrogens (primary N) is 2. The van der Waals surface area contributed by atoms with Gasteiger partial charge in [0, 0.05) is 36.6 Å². The second-order valence-electron chi connectivity index (χ2n) is 10.8. The van der Waals surface area contributed by atoms with Crippen LogP contribution in [0.15, 0.2) is 47.9 Å². The van der Waals surface area contributed by atoms with Gasteiger partial charge in [-0.05, 0) is 49.9 Å². The van der Waals surface area contributed by atoms with E-state index in [2.05, 4.69) is 10.6 Å². The van der Waals surface area contributed by atoms with E-state index in [0.717, 1.165) is 45.2 Å². The molecular formula is C29H46N6O4. The fraction of sp³-hybridized carbons (Fsp3) is 0.586. The highest BCUT2D eigenvalue weighted by Gasteiger charge is 2.27. The van der Waals surface area contributed by atoms with Gasteiger partial charge in [-0.3, -0.25) is 19.2 Å². The molecule has 2 rings (SSSR count). The van der Waals surface area contributed by atoms with E-state index in [-0.39, 0.29) is 35.7 Å². The second kappa shape index (κ2) is 16.0. The van der Waals surface area contributed by atoms with Crippen molar-refractivity contribution in [3.63, 3.8) is 0 Å². The van der Waals surface area contributed by atoms with Crippen molar-refractivity contribution in [2.24, 2.45) is 23.3 Å². The van der Waals surface area contributed by atoms with Crippen LogP contribution in [0, 0.1) is 11.8 Å². The van der Waals surface area contributed by atoms with Gasteiger partial charge in [-0.2, -0.15) is 0 Å². The van der Waals surface area contributed by atoms with E-state index in [1.807, 2.05) is 27.7 Å². The Kier molecular flexibility index (Phi) is 13.1. The van der Waals surface area contributed by atoms with Gasteiger partial charge in [-0.1, -0.05) is 59.1 Å². The highest BCUT2D eigenvalue weighted by molar-refractivity contribution is 5.96. The molecule has 0 aromatic heterocycles. The van der Waals surface area contributed by atoms with Crippen LogP contribution in [-0.4, -0.2) is 71.7 Å². The lowest BCUT2D eigenvalue weighted by atomic mass is 10.0. The van der Waals surface area contributed by atoms with Crippen molar-refractivity contribution in [2.75, 3.05) is 26.2 Å². The largest absolute Gasteiger partial charge is 0.366 e. The molecule has 2 aliphatic rings. The van der Waals surface area contributed by atoms with Crippen molar-refractivity contribution < 1.29 is 19.2 Å². The van der Waals surface area contributed by atoms with Crippen molar-refractivity contribution >= 4 is 23.6 Å². The molecule has 2 unspecified atom stereocenters. The molecule has 216 valence electrons. The molecule has 6 N–H and O–H groups in total. The first kappa shape index (κ1) is 32.0. The van der Waals surface area contributed by atoms with Crippen LogP contribution in [-0.2, 0) is 19.2 Å². The molecule has 0 aliphatic carbocycles. The van der Waals surface area contributed by atoms with Gasteiger partial charge < -0.3 is 31.9 Å². The summed E-state index contributed by atoms with van der Waals surface area (Å²) in [5.74, 6) is -0.727. The van der Waals surface area contributed by atoms with E-state index < -0.39 is 11.8 Å². The Morgan fingerprint density at radius 3 is 1.33 bits per heavy atom. The van der Waals surface area contributed by atoms with Crippen molar-refractivity contribution in [1.82, 2.24) is 20.4 Å². The number of primary amides is 2. The van der Waals surface area contributed by atoms with Gasteiger partial charge in [0.15, 0.2) is 0 Å². The molecule has 0 saturated heterocycles. The van der Waals surface area contributed by atoms with Gasteiger partial charge >= 0.3 is 0 Å². The van der Waals surface area contributed by atoms with Gasteiger partial charge in [-0.15, -0.1) is 0 Å². The Bertz CT molecular complexity index is 920. The maximum atomic E-state index is 13.0. The predicted octanol–water partition coefficient (Wildman–Crippen LogP) is 1.70. The number of carbonyl (C=O) groups excluding carboxylic acids is 4. The number of rotatable bonds is 16. The van der Waals surface area contributed by atoms with Crippen molar-refractivity contribution in [3.05, 3.63) is 47.9 Å². The molecule has 0 bridgehead atoms. The average molecular weight is 543 g/mol. The van der Waals surface area contributed by atoms with Crippen LogP contribution in [0.3, 0.4) is 0 Å². The summed E-state index contributed by atoms with van der Waals surface area (Å²) in [7, 11) is 0. The van der Waals surface area contributed by atoms with E-state index >= 15 is 0 Å². The molecule has 2 heterocycles. The lowest BCUT2D eigenvalue weighted by Crippen LogP contribution is -2.48. The first-order valence-electron chi connectivity index (χ1n) is 14.0. The summed E-state index contributed by atoms with van der Waals surface area (Å²) in [4.78, 5) is 51.7. The minimum absolute atomic E-state index is 0.00859. The first-order valence-corrected chi connectivity index (χ1v) is 14.0. The molecule has 0 aromatic rings. The summed E-state index contributed by atoms with van der Waals surface area (Å²) < 4.78 is 0. The van der Waals surface area contributed by atoms with Crippen LogP contribution in [0.1, 0.15) is 59.8 Å². The molecule has 0 radical (unpaired) electrons. The summed E-state index contributed by atoms with van der Waals surface area (Å²) in [6, 6.07) is -0.582. The highest BCUT2D eigenvalue weighted by Crippen LogP contribution is 2.14. The van der Waals surface area contributed by atoms with Crippen LogP contribution in [0.5, 0.6) is 0 Å². The molecule has 2 aliphatic heterocycles. The van der Waals surface area contributed by atoms with E-state index in [9.17, 15) is 19.2 Å². The number of hydrogen-bond donors (Lipinski definition) is 4. The van der Waals surface area contributed by atoms with Crippen LogP contribution in [0.2, 0.25) is 0 Å². The zero-order chi connectivity index (χ0) is 28.9. The minimum Gasteiger partial charge on any atom is -0.366 e. The lowest BCUT2D eigenvalue weighted by molar-refractivity contribution is -0.132. The maximum absolute atomic E-state index is 13.0. The average Bonchev–Trinajstić information content (AvgIpc) is 2.90. The summed E-state index contributed by atoms with van der Waals surface area (Å²) in [5, 5.41) is 6.81. The number of nitrogens with zero attached hydrogens (tertiary/aromatic N) is 2. The molecule has 0 aromatic carbocycles. The standard InChI is InChI=1S/C29H46N6O4/c1-20(2)24(28(38)34-16-10-22(11-17-34)26(30)36)32-14-8-6-5-7-9-15-33-25(21(3)4)29(39)35-18-12-23(13-19-35)27(31)37/h10-13,16,18,20-21,24-25,32-33H,5-9,14-15,17,19H2,1-4H3,(H2,30,36)(H2,31,37). The van der Waals surface area contributed by atoms with Crippen LogP contribution in [0.25, 0.3) is 0 Å². The fourth-order valence-corrected chi connectivity index (χ4v) is 4.55. The Morgan fingerprint density at radius 2 is 1.05 bits per heavy atom. The maximum Gasteiger partial charge on any atom is 0.248 e. The molecular weight excluding hydrogens is 496 g/mol. The molecule has 0 fully saturated rings. The van der Waals surface area contributed by atoms with Crippen molar-refractivity contribution in [1.29, 1.82) is 0 Å². The Labute approximate surface area is 232 Å². The molecule has 0 saturated carbocycles. The first-order chi connectivity index (χ1) is 18.5. The fourth-order valence-electron chi connectivity index (χ4n) is 4.55. The van der Waals surface area contributed by atoms with E-state index in [4.69, 9.17) is 11.5 Å². The summed E-state index contributed by atoms with van der Waals surface area (Å²) in [6.07, 6.45) is 14.9. The third-order valence-electron chi connectivity index (χ3n) is 6.97. The lowest BCUT2D eigenvalue weighted by Gasteiger charge is -2.28. The summed E-state index contributed by atoms with van der Waals surface area (Å²) >= 11 is 0. The zero-order valence-electron chi connectivity index (χ0n) is 23.8. The molecule has 10 nitrogen and oxygen atoms in total. The number of nitrogens with one attached hydrogen (secondary N) is 2. The van der Waals surface area contributed by atoms with Crippen LogP contribution < -0.4 is 22.1 Å². The quantitative estimate of drug-likeness (QED) is 0.218. The predicted molar refractivity (Wildman–Crippen MR) is 153 cm³/mol. The van der Waals surface area contributed by atoms with Gasteiger partial charge in [0.25, 0.3) is 0 Å². The SMILES string of the molecule is CC(C)C(NCCCCCCCNC(C(=O)N1C=CC(C(N)=O)=CC1)C(C)C)C(=O)N1C=CC(C(N)=O)=CC1. The van der Waals surface area contributed by atoms with Gasteiger partial charge in [-0.25, -0.2) is 0 Å². The molecule has 39 heavy (non-hydrogen) atoms. The molecule has 2 atom stereocenters. The molecule has 0 spiro atoms. The number of carbonyl (C=O) groups is 4. The van der Waals surface area contributed by atoms with E-state index in [0.29, 0.717) is 24.2 Å². The zero-order valence-corrected chi connectivity index (χ0v) is 23.8. The number of hydrogen-bond acceptors (Lipinski definition) is 6. The number of amides is 4. The van der Waals surface area contributed by atoms with Crippen LogP contribution >= 0.6 is 0 Å². The summed E-state index contributed by atoms with van der Waals surface area (Å²) in [5.41, 5.74) is 11.4. The normalized spacial score (nSPS) is 16.8.